The lowest BCUT2D eigenvalue weighted by Crippen LogP contribution is -2.34. The molecule has 0 unspecified atom stereocenters. The van der Waals surface area contributed by atoms with Crippen LogP contribution in [0.5, 0.6) is 5.75 Å². The number of hydrogen-bond donors (Lipinski definition) is 2. The number of ether oxygens (including phenoxy) is 1. The fraction of sp³-hybridized carbons (Fsp3) is 0.0526. The van der Waals surface area contributed by atoms with Crippen molar-refractivity contribution in [1.29, 1.82) is 0 Å². The Kier molecular flexibility index (Phi) is 4.72. The van der Waals surface area contributed by atoms with Crippen LogP contribution in [-0.4, -0.2) is 18.1 Å². The Labute approximate surface area is 145 Å². The molecule has 0 saturated carbocycles. The van der Waals surface area contributed by atoms with Crippen LogP contribution in [0.1, 0.15) is 10.4 Å². The number of amides is 1. The molecule has 0 aliphatic rings. The summed E-state index contributed by atoms with van der Waals surface area (Å²) in [6.07, 6.45) is 0. The molecule has 3 aromatic rings. The highest BCUT2D eigenvalue weighted by atomic mass is 32.1. The van der Waals surface area contributed by atoms with Crippen LogP contribution in [0.2, 0.25) is 0 Å². The molecule has 0 aliphatic carbocycles. The summed E-state index contributed by atoms with van der Waals surface area (Å²) in [5.41, 5.74) is 1.31. The number of thiocarbonyl (C=S) groups is 1. The predicted octanol–water partition coefficient (Wildman–Crippen LogP) is 3.98. The summed E-state index contributed by atoms with van der Waals surface area (Å²) in [7, 11) is 1.56. The standard InChI is InChI=1S/C19H16N2O2S/c1-23-17-8-4-7-15(12-17)18(22)21-19(24)20-16-10-9-13-5-2-3-6-14(13)11-16/h2-12H,1H3,(H2,20,21,22,24). The summed E-state index contributed by atoms with van der Waals surface area (Å²) in [5.74, 6) is 0.336. The number of fused-ring (bicyclic) bond motifs is 1. The molecule has 0 saturated heterocycles. The Bertz CT molecular complexity index is 909. The quantitative estimate of drug-likeness (QED) is 0.711. The highest BCUT2D eigenvalue weighted by Gasteiger charge is 2.09. The molecule has 0 fully saturated rings. The van der Waals surface area contributed by atoms with Crippen LogP contribution < -0.4 is 15.4 Å². The molecule has 0 radical (unpaired) electrons. The van der Waals surface area contributed by atoms with Crippen molar-refractivity contribution in [3.05, 3.63) is 72.3 Å². The second-order valence-electron chi connectivity index (χ2n) is 5.20. The first kappa shape index (κ1) is 16.0. The normalized spacial score (nSPS) is 10.2. The number of hydrogen-bond acceptors (Lipinski definition) is 3. The van der Waals surface area contributed by atoms with Gasteiger partial charge in [0.25, 0.3) is 5.91 Å². The Morgan fingerprint density at radius 2 is 1.75 bits per heavy atom. The molecule has 0 bridgehead atoms. The third kappa shape index (κ3) is 3.70. The first-order chi connectivity index (χ1) is 11.7. The number of rotatable bonds is 3. The molecule has 24 heavy (non-hydrogen) atoms. The third-order valence-electron chi connectivity index (χ3n) is 3.57. The van der Waals surface area contributed by atoms with Crippen molar-refractivity contribution in [2.45, 2.75) is 0 Å². The lowest BCUT2D eigenvalue weighted by Gasteiger charge is -2.11. The van der Waals surface area contributed by atoms with E-state index in [4.69, 9.17) is 17.0 Å². The van der Waals surface area contributed by atoms with Gasteiger partial charge in [-0.3, -0.25) is 10.1 Å². The molecule has 3 aromatic carbocycles. The summed E-state index contributed by atoms with van der Waals surface area (Å²) in [6, 6.07) is 20.9. The zero-order valence-corrected chi connectivity index (χ0v) is 13.9. The molecule has 0 heterocycles. The number of benzene rings is 3. The molecule has 4 nitrogen and oxygen atoms in total. The van der Waals surface area contributed by atoms with Gasteiger partial charge in [0.2, 0.25) is 0 Å². The van der Waals surface area contributed by atoms with Crippen LogP contribution in [0.4, 0.5) is 5.69 Å². The van der Waals surface area contributed by atoms with Gasteiger partial charge < -0.3 is 10.1 Å². The van der Waals surface area contributed by atoms with E-state index >= 15 is 0 Å². The molecule has 120 valence electrons. The summed E-state index contributed by atoms with van der Waals surface area (Å²) in [5, 5.41) is 8.20. The van der Waals surface area contributed by atoms with E-state index in [-0.39, 0.29) is 11.0 Å². The van der Waals surface area contributed by atoms with E-state index in [1.54, 1.807) is 31.4 Å². The maximum Gasteiger partial charge on any atom is 0.257 e. The molecule has 0 aliphatic heterocycles. The minimum absolute atomic E-state index is 0.248. The van der Waals surface area contributed by atoms with E-state index in [0.717, 1.165) is 16.5 Å². The monoisotopic (exact) mass is 336 g/mol. The second kappa shape index (κ2) is 7.10. The summed E-state index contributed by atoms with van der Waals surface area (Å²) < 4.78 is 5.12. The number of anilines is 1. The fourth-order valence-corrected chi connectivity index (χ4v) is 2.58. The van der Waals surface area contributed by atoms with Crippen molar-refractivity contribution in [2.24, 2.45) is 0 Å². The van der Waals surface area contributed by atoms with E-state index in [1.165, 1.54) is 0 Å². The van der Waals surface area contributed by atoms with E-state index in [2.05, 4.69) is 10.6 Å². The van der Waals surface area contributed by atoms with Gasteiger partial charge in [-0.25, -0.2) is 0 Å². The van der Waals surface area contributed by atoms with Crippen molar-refractivity contribution in [3.8, 4) is 5.75 Å². The smallest absolute Gasteiger partial charge is 0.257 e. The van der Waals surface area contributed by atoms with Crippen molar-refractivity contribution in [1.82, 2.24) is 5.32 Å². The summed E-state index contributed by atoms with van der Waals surface area (Å²) in [4.78, 5) is 12.2. The minimum atomic E-state index is -0.285. The first-order valence-corrected chi connectivity index (χ1v) is 7.82. The van der Waals surface area contributed by atoms with E-state index in [9.17, 15) is 4.79 Å². The van der Waals surface area contributed by atoms with Gasteiger partial charge in [0.05, 0.1) is 7.11 Å². The zero-order valence-electron chi connectivity index (χ0n) is 13.1. The molecular weight excluding hydrogens is 320 g/mol. The van der Waals surface area contributed by atoms with Gasteiger partial charge in [-0.05, 0) is 53.3 Å². The maximum absolute atomic E-state index is 12.2. The van der Waals surface area contributed by atoms with E-state index in [1.807, 2.05) is 42.5 Å². The SMILES string of the molecule is COc1cccc(C(=O)NC(=S)Nc2ccc3ccccc3c2)c1. The van der Waals surface area contributed by atoms with Crippen molar-refractivity contribution >= 4 is 39.7 Å². The highest BCUT2D eigenvalue weighted by molar-refractivity contribution is 7.80. The molecular formula is C19H16N2O2S. The Morgan fingerprint density at radius 1 is 0.958 bits per heavy atom. The Morgan fingerprint density at radius 3 is 2.54 bits per heavy atom. The van der Waals surface area contributed by atoms with Gasteiger partial charge in [0, 0.05) is 11.3 Å². The summed E-state index contributed by atoms with van der Waals surface area (Å²) >= 11 is 5.22. The van der Waals surface area contributed by atoms with Crippen LogP contribution in [0.25, 0.3) is 10.8 Å². The van der Waals surface area contributed by atoms with Crippen LogP contribution in [-0.2, 0) is 0 Å². The Hall–Kier alpha value is -2.92. The van der Waals surface area contributed by atoms with E-state index in [0.29, 0.717) is 11.3 Å². The number of carbonyl (C=O) groups excluding carboxylic acids is 1. The first-order valence-electron chi connectivity index (χ1n) is 7.41. The number of methoxy groups -OCH3 is 1. The topological polar surface area (TPSA) is 50.4 Å². The zero-order chi connectivity index (χ0) is 16.9. The highest BCUT2D eigenvalue weighted by Crippen LogP contribution is 2.19. The van der Waals surface area contributed by atoms with Gasteiger partial charge in [-0.1, -0.05) is 36.4 Å². The lowest BCUT2D eigenvalue weighted by molar-refractivity contribution is 0.0977. The van der Waals surface area contributed by atoms with Gasteiger partial charge >= 0.3 is 0 Å². The molecule has 5 heteroatoms. The molecule has 0 spiro atoms. The van der Waals surface area contributed by atoms with E-state index < -0.39 is 0 Å². The van der Waals surface area contributed by atoms with Crippen molar-refractivity contribution in [2.75, 3.05) is 12.4 Å². The summed E-state index contributed by atoms with van der Waals surface area (Å²) in [6.45, 7) is 0. The average molecular weight is 336 g/mol. The molecule has 0 atom stereocenters. The van der Waals surface area contributed by atoms with Gasteiger partial charge in [-0.15, -0.1) is 0 Å². The van der Waals surface area contributed by atoms with Gasteiger partial charge in [0.1, 0.15) is 5.75 Å². The second-order valence-corrected chi connectivity index (χ2v) is 5.61. The largest absolute Gasteiger partial charge is 0.497 e. The number of carbonyl (C=O) groups is 1. The molecule has 1 amide bonds. The van der Waals surface area contributed by atoms with Gasteiger partial charge in [0.15, 0.2) is 5.11 Å². The van der Waals surface area contributed by atoms with Crippen molar-refractivity contribution in [3.63, 3.8) is 0 Å². The minimum Gasteiger partial charge on any atom is -0.497 e. The number of nitrogens with one attached hydrogen (secondary N) is 2. The third-order valence-corrected chi connectivity index (χ3v) is 3.77. The van der Waals surface area contributed by atoms with Crippen LogP contribution in [0, 0.1) is 0 Å². The molecule has 0 aromatic heterocycles. The van der Waals surface area contributed by atoms with Gasteiger partial charge in [-0.2, -0.15) is 0 Å². The fourth-order valence-electron chi connectivity index (χ4n) is 2.37. The lowest BCUT2D eigenvalue weighted by atomic mass is 10.1. The average Bonchev–Trinajstić information content (AvgIpc) is 2.61. The van der Waals surface area contributed by atoms with Crippen LogP contribution in [0.3, 0.4) is 0 Å². The van der Waals surface area contributed by atoms with Crippen LogP contribution in [0.15, 0.2) is 66.7 Å². The van der Waals surface area contributed by atoms with Crippen LogP contribution >= 0.6 is 12.2 Å². The predicted molar refractivity (Wildman–Crippen MR) is 101 cm³/mol. The Balaban J connectivity index is 1.68. The maximum atomic E-state index is 12.2. The van der Waals surface area contributed by atoms with Crippen molar-refractivity contribution < 1.29 is 9.53 Å². The molecule has 2 N–H and O–H groups in total. The molecule has 3 rings (SSSR count).